The van der Waals surface area contributed by atoms with Gasteiger partial charge in [-0.3, -0.25) is 15.5 Å². The molecule has 0 bridgehead atoms. The van der Waals surface area contributed by atoms with E-state index in [1.165, 1.54) is 6.20 Å². The van der Waals surface area contributed by atoms with Crippen molar-refractivity contribution in [3.63, 3.8) is 0 Å². The van der Waals surface area contributed by atoms with Crippen LogP contribution in [-0.4, -0.2) is 21.0 Å². The molecule has 0 fully saturated rings. The minimum atomic E-state index is -1.03. The van der Waals surface area contributed by atoms with Gasteiger partial charge in [0, 0.05) is 23.2 Å². The standard InChI is InChI=1S/C15H10N3O3/c16-15(20)13-14(19)12-6-10(4-3-9(12)7-18-13)21-11-2-1-5-17-8-11/h1-8,16,19H. The van der Waals surface area contributed by atoms with E-state index in [1.54, 1.807) is 42.7 Å². The second-order valence-corrected chi connectivity index (χ2v) is 4.32. The summed E-state index contributed by atoms with van der Waals surface area (Å²) in [4.78, 5) is 18.8. The van der Waals surface area contributed by atoms with Crippen LogP contribution in [0, 0.1) is 0 Å². The van der Waals surface area contributed by atoms with E-state index < -0.39 is 5.91 Å². The first-order valence-electron chi connectivity index (χ1n) is 6.10. The Morgan fingerprint density at radius 3 is 2.76 bits per heavy atom. The van der Waals surface area contributed by atoms with Gasteiger partial charge < -0.3 is 9.84 Å². The first kappa shape index (κ1) is 12.9. The summed E-state index contributed by atoms with van der Waals surface area (Å²) >= 11 is 0. The van der Waals surface area contributed by atoms with Crippen LogP contribution < -0.4 is 10.5 Å². The van der Waals surface area contributed by atoms with Crippen LogP contribution in [0.25, 0.3) is 10.8 Å². The maximum Gasteiger partial charge on any atom is 0.292 e. The summed E-state index contributed by atoms with van der Waals surface area (Å²) in [6, 6.07) is 8.52. The highest BCUT2D eigenvalue weighted by molar-refractivity contribution is 6.00. The second-order valence-electron chi connectivity index (χ2n) is 4.32. The molecule has 1 aromatic carbocycles. The highest BCUT2D eigenvalue weighted by Gasteiger charge is 2.14. The molecule has 0 spiro atoms. The van der Waals surface area contributed by atoms with Gasteiger partial charge in [0.25, 0.3) is 5.91 Å². The molecule has 0 atom stereocenters. The number of hydrogen-bond donors (Lipinski definition) is 1. The molecule has 2 N–H and O–H groups in total. The van der Waals surface area contributed by atoms with Gasteiger partial charge in [-0.25, -0.2) is 4.98 Å². The molecule has 103 valence electrons. The van der Waals surface area contributed by atoms with Crippen molar-refractivity contribution in [2.24, 2.45) is 0 Å². The van der Waals surface area contributed by atoms with Crippen LogP contribution >= 0.6 is 0 Å². The molecule has 0 aliphatic heterocycles. The summed E-state index contributed by atoms with van der Waals surface area (Å²) in [6.45, 7) is 0. The maximum atomic E-state index is 11.1. The average molecular weight is 280 g/mol. The van der Waals surface area contributed by atoms with Gasteiger partial charge in [-0.1, -0.05) is 0 Å². The number of carbonyl (C=O) groups is 1. The van der Waals surface area contributed by atoms with E-state index in [2.05, 4.69) is 9.97 Å². The van der Waals surface area contributed by atoms with Crippen molar-refractivity contribution in [3.8, 4) is 17.2 Å². The van der Waals surface area contributed by atoms with Gasteiger partial charge >= 0.3 is 0 Å². The predicted molar refractivity (Wildman–Crippen MR) is 75.1 cm³/mol. The highest BCUT2D eigenvalue weighted by atomic mass is 16.5. The van der Waals surface area contributed by atoms with Crippen molar-refractivity contribution in [2.45, 2.75) is 0 Å². The van der Waals surface area contributed by atoms with Crippen molar-refractivity contribution < 1.29 is 14.6 Å². The molecule has 0 unspecified atom stereocenters. The van der Waals surface area contributed by atoms with Crippen LogP contribution in [0.2, 0.25) is 0 Å². The highest BCUT2D eigenvalue weighted by Crippen LogP contribution is 2.31. The lowest BCUT2D eigenvalue weighted by Crippen LogP contribution is -2.02. The van der Waals surface area contributed by atoms with Crippen molar-refractivity contribution >= 4 is 16.7 Å². The summed E-state index contributed by atoms with van der Waals surface area (Å²) in [7, 11) is 0. The molecule has 1 amide bonds. The zero-order chi connectivity index (χ0) is 14.8. The smallest absolute Gasteiger partial charge is 0.292 e. The number of carbonyl (C=O) groups excluding carboxylic acids is 1. The zero-order valence-electron chi connectivity index (χ0n) is 10.8. The molecule has 2 heterocycles. The number of hydrogen-bond acceptors (Lipinski definition) is 5. The number of ether oxygens (including phenoxy) is 1. The summed E-state index contributed by atoms with van der Waals surface area (Å²) < 4.78 is 5.62. The Morgan fingerprint density at radius 1 is 1.19 bits per heavy atom. The number of pyridine rings is 2. The van der Waals surface area contributed by atoms with E-state index >= 15 is 0 Å². The van der Waals surface area contributed by atoms with Crippen molar-refractivity contribution in [3.05, 3.63) is 54.6 Å². The molecule has 1 radical (unpaired) electrons. The van der Waals surface area contributed by atoms with E-state index in [-0.39, 0.29) is 11.4 Å². The number of aromatic nitrogens is 2. The number of nitrogens with zero attached hydrogens (tertiary/aromatic N) is 2. The van der Waals surface area contributed by atoms with Gasteiger partial charge in [0.1, 0.15) is 11.5 Å². The fraction of sp³-hybridized carbons (Fsp3) is 0. The molecular weight excluding hydrogens is 270 g/mol. The van der Waals surface area contributed by atoms with E-state index in [4.69, 9.17) is 10.5 Å². The second kappa shape index (κ2) is 5.09. The van der Waals surface area contributed by atoms with Crippen LogP contribution in [0.1, 0.15) is 10.5 Å². The van der Waals surface area contributed by atoms with Gasteiger partial charge in [0.2, 0.25) is 0 Å². The molecule has 6 nitrogen and oxygen atoms in total. The van der Waals surface area contributed by atoms with Gasteiger partial charge in [-0.2, -0.15) is 0 Å². The fourth-order valence-electron chi connectivity index (χ4n) is 1.95. The van der Waals surface area contributed by atoms with Crippen LogP contribution in [0.5, 0.6) is 17.2 Å². The Kier molecular flexibility index (Phi) is 3.12. The minimum Gasteiger partial charge on any atom is -0.505 e. The maximum absolute atomic E-state index is 11.1. The lowest BCUT2D eigenvalue weighted by atomic mass is 10.1. The first-order chi connectivity index (χ1) is 10.1. The molecule has 3 rings (SSSR count). The Labute approximate surface area is 119 Å². The number of rotatable bonds is 3. The van der Waals surface area contributed by atoms with E-state index in [0.717, 1.165) is 0 Å². The minimum absolute atomic E-state index is 0.277. The third-order valence-electron chi connectivity index (χ3n) is 2.92. The molecule has 2 aromatic heterocycles. The van der Waals surface area contributed by atoms with Crippen LogP contribution in [0.3, 0.4) is 0 Å². The molecule has 0 aliphatic rings. The molecule has 21 heavy (non-hydrogen) atoms. The Bertz CT molecular complexity index is 819. The zero-order valence-corrected chi connectivity index (χ0v) is 10.8. The van der Waals surface area contributed by atoms with E-state index in [9.17, 15) is 9.90 Å². The van der Waals surface area contributed by atoms with Crippen molar-refractivity contribution in [1.29, 1.82) is 0 Å². The summed E-state index contributed by atoms with van der Waals surface area (Å²) in [5, 5.41) is 11.1. The van der Waals surface area contributed by atoms with Gasteiger partial charge in [0.05, 0.1) is 6.20 Å². The van der Waals surface area contributed by atoms with Crippen molar-refractivity contribution in [2.75, 3.05) is 0 Å². The number of fused-ring (bicyclic) bond motifs is 1. The number of amides is 1. The largest absolute Gasteiger partial charge is 0.505 e. The Hall–Kier alpha value is -3.15. The lowest BCUT2D eigenvalue weighted by Gasteiger charge is -2.08. The third-order valence-corrected chi connectivity index (χ3v) is 2.92. The normalized spacial score (nSPS) is 10.5. The summed E-state index contributed by atoms with van der Waals surface area (Å²) in [6.07, 6.45) is 4.64. The SMILES string of the molecule is [NH]C(=O)c1ncc2ccc(Oc3cccnc3)cc2c1O. The third kappa shape index (κ3) is 2.46. The number of nitrogens with one attached hydrogen (secondary N) is 1. The molecule has 0 aliphatic carbocycles. The molecule has 6 heteroatoms. The van der Waals surface area contributed by atoms with Crippen LogP contribution in [-0.2, 0) is 0 Å². The molecule has 0 saturated heterocycles. The molecule has 0 saturated carbocycles. The summed E-state index contributed by atoms with van der Waals surface area (Å²) in [5.74, 6) is -0.306. The molecular formula is C15H10N3O3. The van der Waals surface area contributed by atoms with E-state index in [1.807, 2.05) is 0 Å². The number of benzene rings is 1. The number of aromatic hydroxyl groups is 1. The Morgan fingerprint density at radius 2 is 2.05 bits per heavy atom. The topological polar surface area (TPSA) is 96.1 Å². The predicted octanol–water partition coefficient (Wildman–Crippen LogP) is 2.55. The van der Waals surface area contributed by atoms with Crippen LogP contribution in [0.15, 0.2) is 48.9 Å². The average Bonchev–Trinajstić information content (AvgIpc) is 2.49. The van der Waals surface area contributed by atoms with Crippen LogP contribution in [0.4, 0.5) is 0 Å². The lowest BCUT2D eigenvalue weighted by molar-refractivity contribution is 0.0985. The first-order valence-corrected chi connectivity index (χ1v) is 6.10. The summed E-state index contributed by atoms with van der Waals surface area (Å²) in [5.41, 5.74) is 6.79. The van der Waals surface area contributed by atoms with E-state index in [0.29, 0.717) is 22.3 Å². The molecule has 3 aromatic rings. The quantitative estimate of drug-likeness (QED) is 0.795. The fourth-order valence-corrected chi connectivity index (χ4v) is 1.95. The van der Waals surface area contributed by atoms with Crippen molar-refractivity contribution in [1.82, 2.24) is 15.7 Å². The van der Waals surface area contributed by atoms with Gasteiger partial charge in [-0.15, -0.1) is 0 Å². The van der Waals surface area contributed by atoms with Gasteiger partial charge in [0.15, 0.2) is 11.4 Å². The van der Waals surface area contributed by atoms with Gasteiger partial charge in [-0.05, 0) is 30.3 Å². The monoisotopic (exact) mass is 280 g/mol. The Balaban J connectivity index is 2.06.